The molecule has 1 amide bonds. The molecule has 24 heavy (non-hydrogen) atoms. The number of carbonyl (C=O) groups excluding carboxylic acids is 1. The molecule has 0 spiro atoms. The Kier molecular flexibility index (Phi) is 5.11. The average molecular weight is 358 g/mol. The zero-order valence-electron chi connectivity index (χ0n) is 13.8. The van der Waals surface area contributed by atoms with Crippen molar-refractivity contribution in [3.8, 4) is 0 Å². The van der Waals surface area contributed by atoms with Crippen molar-refractivity contribution in [2.24, 2.45) is 0 Å². The Morgan fingerprint density at radius 3 is 2.71 bits per heavy atom. The van der Waals surface area contributed by atoms with Crippen molar-refractivity contribution in [3.63, 3.8) is 0 Å². The van der Waals surface area contributed by atoms with E-state index in [1.807, 2.05) is 45.0 Å². The molecule has 1 N–H and O–H groups in total. The van der Waals surface area contributed by atoms with Gasteiger partial charge >= 0.3 is 0 Å². The van der Waals surface area contributed by atoms with Gasteiger partial charge in [-0.2, -0.15) is 0 Å². The standard InChI is InChI=1S/C17H18N4OS2/c1-4-14-19-13-8-6-5-7-12(13)16(20-14)23-9-15(22)21-17-18-10(2)11(3)24-17/h5-8H,4,9H2,1-3H3,(H,18,21,22). The van der Waals surface area contributed by atoms with Gasteiger partial charge in [0.25, 0.3) is 0 Å². The SMILES string of the molecule is CCc1nc(SCC(=O)Nc2nc(C)c(C)s2)c2ccccc2n1. The summed E-state index contributed by atoms with van der Waals surface area (Å²) < 4.78 is 0. The summed E-state index contributed by atoms with van der Waals surface area (Å²) in [6.07, 6.45) is 0.766. The van der Waals surface area contributed by atoms with E-state index in [2.05, 4.69) is 20.3 Å². The summed E-state index contributed by atoms with van der Waals surface area (Å²) in [4.78, 5) is 26.7. The first kappa shape index (κ1) is 16.9. The predicted octanol–water partition coefficient (Wildman–Crippen LogP) is 4.00. The van der Waals surface area contributed by atoms with Gasteiger partial charge in [-0.25, -0.2) is 15.0 Å². The molecular weight excluding hydrogens is 340 g/mol. The highest BCUT2D eigenvalue weighted by Gasteiger charge is 2.12. The quantitative estimate of drug-likeness (QED) is 0.551. The number of hydrogen-bond donors (Lipinski definition) is 1. The van der Waals surface area contributed by atoms with Gasteiger partial charge in [0.15, 0.2) is 5.13 Å². The average Bonchev–Trinajstić information content (AvgIpc) is 2.89. The summed E-state index contributed by atoms with van der Waals surface area (Å²) in [6, 6.07) is 7.88. The number of aromatic nitrogens is 3. The van der Waals surface area contributed by atoms with Gasteiger partial charge < -0.3 is 5.32 Å². The number of hydrogen-bond acceptors (Lipinski definition) is 6. The summed E-state index contributed by atoms with van der Waals surface area (Å²) in [5.41, 5.74) is 1.87. The van der Waals surface area contributed by atoms with Gasteiger partial charge in [-0.05, 0) is 19.9 Å². The van der Waals surface area contributed by atoms with Crippen molar-refractivity contribution < 1.29 is 4.79 Å². The molecule has 7 heteroatoms. The summed E-state index contributed by atoms with van der Waals surface area (Å²) in [5.74, 6) is 1.01. The van der Waals surface area contributed by atoms with Crippen LogP contribution in [0.2, 0.25) is 0 Å². The van der Waals surface area contributed by atoms with Crippen molar-refractivity contribution in [1.82, 2.24) is 15.0 Å². The van der Waals surface area contributed by atoms with Gasteiger partial charge in [-0.3, -0.25) is 4.79 Å². The van der Waals surface area contributed by atoms with Crippen LogP contribution in [-0.4, -0.2) is 26.6 Å². The van der Waals surface area contributed by atoms with E-state index < -0.39 is 0 Å². The first-order valence-electron chi connectivity index (χ1n) is 7.69. The second-order valence-electron chi connectivity index (χ2n) is 5.31. The van der Waals surface area contributed by atoms with Crippen molar-refractivity contribution in [2.75, 3.05) is 11.1 Å². The lowest BCUT2D eigenvalue weighted by molar-refractivity contribution is -0.113. The number of para-hydroxylation sites is 1. The number of nitrogens with one attached hydrogen (secondary N) is 1. The van der Waals surface area contributed by atoms with Crippen molar-refractivity contribution in [2.45, 2.75) is 32.2 Å². The molecule has 0 aliphatic rings. The van der Waals surface area contributed by atoms with Crippen LogP contribution in [0.1, 0.15) is 23.3 Å². The summed E-state index contributed by atoms with van der Waals surface area (Å²) in [7, 11) is 0. The fraction of sp³-hybridized carbons (Fsp3) is 0.294. The Bertz CT molecular complexity index is 872. The second-order valence-corrected chi connectivity index (χ2v) is 7.48. The van der Waals surface area contributed by atoms with Gasteiger partial charge in [-0.15, -0.1) is 11.3 Å². The Morgan fingerprint density at radius 1 is 1.21 bits per heavy atom. The molecule has 0 fully saturated rings. The van der Waals surface area contributed by atoms with E-state index in [4.69, 9.17) is 0 Å². The van der Waals surface area contributed by atoms with E-state index in [0.717, 1.165) is 38.7 Å². The predicted molar refractivity (Wildman–Crippen MR) is 99.9 cm³/mol. The van der Waals surface area contributed by atoms with Crippen LogP contribution < -0.4 is 5.32 Å². The van der Waals surface area contributed by atoms with Gasteiger partial charge in [0.2, 0.25) is 5.91 Å². The smallest absolute Gasteiger partial charge is 0.236 e. The fourth-order valence-corrected chi connectivity index (χ4v) is 3.85. The second kappa shape index (κ2) is 7.27. The maximum atomic E-state index is 12.2. The molecule has 2 aromatic heterocycles. The molecule has 0 radical (unpaired) electrons. The van der Waals surface area contributed by atoms with Crippen LogP contribution in [0.15, 0.2) is 29.3 Å². The molecule has 124 valence electrons. The van der Waals surface area contributed by atoms with Crippen LogP contribution in [0, 0.1) is 13.8 Å². The molecule has 0 saturated carbocycles. The van der Waals surface area contributed by atoms with Gasteiger partial charge in [0.1, 0.15) is 10.9 Å². The number of rotatable bonds is 5. The van der Waals surface area contributed by atoms with E-state index in [-0.39, 0.29) is 5.91 Å². The first-order chi connectivity index (χ1) is 11.6. The highest BCUT2D eigenvalue weighted by Crippen LogP contribution is 2.26. The minimum atomic E-state index is -0.0745. The normalized spacial score (nSPS) is 11.0. The molecule has 0 atom stereocenters. The summed E-state index contributed by atoms with van der Waals surface area (Å²) >= 11 is 2.93. The van der Waals surface area contributed by atoms with E-state index >= 15 is 0 Å². The Labute approximate surface area is 148 Å². The number of anilines is 1. The Morgan fingerprint density at radius 2 is 2.00 bits per heavy atom. The third-order valence-corrected chi connectivity index (χ3v) is 5.53. The van der Waals surface area contributed by atoms with Crippen LogP contribution in [0.4, 0.5) is 5.13 Å². The molecule has 5 nitrogen and oxygen atoms in total. The highest BCUT2D eigenvalue weighted by molar-refractivity contribution is 8.00. The summed E-state index contributed by atoms with van der Waals surface area (Å²) in [6.45, 7) is 5.96. The molecular formula is C17H18N4OS2. The van der Waals surface area contributed by atoms with E-state index in [1.165, 1.54) is 23.1 Å². The Hall–Kier alpha value is -1.99. The molecule has 3 aromatic rings. The highest BCUT2D eigenvalue weighted by atomic mass is 32.2. The number of benzene rings is 1. The number of thioether (sulfide) groups is 1. The molecule has 3 rings (SSSR count). The lowest BCUT2D eigenvalue weighted by atomic mass is 10.2. The summed E-state index contributed by atoms with van der Waals surface area (Å²) in [5, 5.41) is 5.33. The van der Waals surface area contributed by atoms with E-state index in [0.29, 0.717) is 10.9 Å². The van der Waals surface area contributed by atoms with Crippen LogP contribution in [0.25, 0.3) is 10.9 Å². The largest absolute Gasteiger partial charge is 0.301 e. The van der Waals surface area contributed by atoms with Gasteiger partial charge in [0, 0.05) is 16.7 Å². The third-order valence-electron chi connectivity index (χ3n) is 3.55. The number of aryl methyl sites for hydroxylation is 3. The number of amides is 1. The van der Waals surface area contributed by atoms with Gasteiger partial charge in [-0.1, -0.05) is 36.9 Å². The molecule has 0 unspecified atom stereocenters. The Balaban J connectivity index is 1.74. The molecule has 2 heterocycles. The first-order valence-corrected chi connectivity index (χ1v) is 9.49. The lowest BCUT2D eigenvalue weighted by Gasteiger charge is -2.07. The zero-order chi connectivity index (χ0) is 17.1. The molecule has 0 aliphatic carbocycles. The van der Waals surface area contributed by atoms with Crippen molar-refractivity contribution in [1.29, 1.82) is 0 Å². The number of nitrogens with zero attached hydrogens (tertiary/aromatic N) is 3. The topological polar surface area (TPSA) is 67.8 Å². The molecule has 0 aliphatic heterocycles. The molecule has 1 aromatic carbocycles. The van der Waals surface area contributed by atoms with E-state index in [1.54, 1.807) is 0 Å². The monoisotopic (exact) mass is 358 g/mol. The maximum Gasteiger partial charge on any atom is 0.236 e. The van der Waals surface area contributed by atoms with Crippen molar-refractivity contribution in [3.05, 3.63) is 40.7 Å². The van der Waals surface area contributed by atoms with Crippen LogP contribution >= 0.6 is 23.1 Å². The van der Waals surface area contributed by atoms with Gasteiger partial charge in [0.05, 0.1) is 17.0 Å². The van der Waals surface area contributed by atoms with Crippen LogP contribution in [0.5, 0.6) is 0 Å². The molecule has 0 saturated heterocycles. The molecule has 0 bridgehead atoms. The lowest BCUT2D eigenvalue weighted by Crippen LogP contribution is -2.14. The number of fused-ring (bicyclic) bond motifs is 1. The fourth-order valence-electron chi connectivity index (χ4n) is 2.18. The van der Waals surface area contributed by atoms with Crippen molar-refractivity contribution >= 4 is 45.0 Å². The minimum Gasteiger partial charge on any atom is -0.301 e. The third kappa shape index (κ3) is 3.73. The number of thiazole rings is 1. The number of carbonyl (C=O) groups is 1. The minimum absolute atomic E-state index is 0.0745. The maximum absolute atomic E-state index is 12.2. The van der Waals surface area contributed by atoms with E-state index in [9.17, 15) is 4.79 Å². The van der Waals surface area contributed by atoms with Crippen LogP contribution in [-0.2, 0) is 11.2 Å². The zero-order valence-corrected chi connectivity index (χ0v) is 15.4. The van der Waals surface area contributed by atoms with Crippen LogP contribution in [0.3, 0.4) is 0 Å².